The molecule has 4 nitrogen and oxygen atoms in total. The minimum absolute atomic E-state index is 0.0813. The maximum absolute atomic E-state index is 14.0. The number of rotatable bonds is 3. The van der Waals surface area contributed by atoms with Crippen LogP contribution in [-0.2, 0) is 15.4 Å². The topological polar surface area (TPSA) is 49.4 Å². The second kappa shape index (κ2) is 6.53. The summed E-state index contributed by atoms with van der Waals surface area (Å²) in [5.41, 5.74) is 0.249. The van der Waals surface area contributed by atoms with Crippen molar-refractivity contribution in [3.63, 3.8) is 0 Å². The van der Waals surface area contributed by atoms with Gasteiger partial charge in [-0.3, -0.25) is 4.31 Å². The summed E-state index contributed by atoms with van der Waals surface area (Å²) in [6, 6.07) is 8.62. The fraction of sp³-hybridized carbons (Fsp3) is 0.368. The number of benzene rings is 2. The normalized spacial score (nSPS) is 20.1. The highest BCUT2D eigenvalue weighted by molar-refractivity contribution is 7.92. The Morgan fingerprint density at radius 2 is 1.78 bits per heavy atom. The van der Waals surface area contributed by atoms with Crippen molar-refractivity contribution in [2.24, 2.45) is 0 Å². The van der Waals surface area contributed by atoms with Crippen LogP contribution in [-0.4, -0.2) is 28.1 Å². The zero-order valence-corrected chi connectivity index (χ0v) is 15.2. The molecule has 4 rings (SSSR count). The minimum atomic E-state index is -3.99. The zero-order valence-electron chi connectivity index (χ0n) is 15.4. The fourth-order valence-electron chi connectivity index (χ4n) is 3.97. The van der Waals surface area contributed by atoms with Crippen molar-refractivity contribution in [2.45, 2.75) is 29.6 Å². The molecule has 0 unspecified atom stereocenters. The lowest BCUT2D eigenvalue weighted by Crippen LogP contribution is -2.44. The number of halogens is 3. The number of sulfonamides is 1. The van der Waals surface area contributed by atoms with E-state index in [1.54, 1.807) is 0 Å². The summed E-state index contributed by atoms with van der Waals surface area (Å²) in [6.07, 6.45) is -1.59. The van der Waals surface area contributed by atoms with E-state index in [1.807, 2.05) is 0 Å². The standard InChI is InChI=1S/C19H19F3N2O2S/c20-14-3-6-17-16(11-14)19(7-9-23-10-8-19)12-24(17)27(25,26)15-4-1-13(2-5-15)18(21)22/h1-6,11,18,23H,7-10,12H2/i/hD. The lowest BCUT2D eigenvalue weighted by atomic mass is 9.75. The van der Waals surface area contributed by atoms with E-state index in [2.05, 4.69) is 0 Å². The first-order chi connectivity index (χ1) is 13.2. The molecular weight excluding hydrogens is 377 g/mol. The third-order valence-electron chi connectivity index (χ3n) is 5.46. The summed E-state index contributed by atoms with van der Waals surface area (Å²) in [6.45, 7) is 1.08. The Morgan fingerprint density at radius 1 is 1.11 bits per heavy atom. The predicted octanol–water partition coefficient (Wildman–Crippen LogP) is 3.59. The van der Waals surface area contributed by atoms with Crippen LogP contribution in [0.15, 0.2) is 47.4 Å². The molecule has 1 N–H and O–H groups in total. The number of piperidine rings is 1. The number of alkyl halides is 2. The predicted molar refractivity (Wildman–Crippen MR) is 96.1 cm³/mol. The number of hydrogen-bond acceptors (Lipinski definition) is 3. The van der Waals surface area contributed by atoms with Crippen LogP contribution < -0.4 is 9.62 Å². The number of fused-ring (bicyclic) bond motifs is 2. The number of hydrogen-bond donors (Lipinski definition) is 1. The van der Waals surface area contributed by atoms with Crippen molar-refractivity contribution in [1.29, 1.82) is 0 Å². The lowest BCUT2D eigenvalue weighted by Gasteiger charge is -2.34. The number of nitrogens with one attached hydrogen (secondary N) is 1. The third-order valence-corrected chi connectivity index (χ3v) is 7.24. The van der Waals surface area contributed by atoms with Crippen LogP contribution in [0.4, 0.5) is 18.9 Å². The molecule has 2 aromatic carbocycles. The quantitative estimate of drug-likeness (QED) is 0.861. The second-order valence-corrected chi connectivity index (χ2v) is 8.86. The van der Waals surface area contributed by atoms with Gasteiger partial charge in [0.15, 0.2) is 0 Å². The van der Waals surface area contributed by atoms with Crippen LogP contribution >= 0.6 is 0 Å². The third kappa shape index (κ3) is 3.00. The van der Waals surface area contributed by atoms with Gasteiger partial charge in [-0.1, -0.05) is 12.1 Å². The van der Waals surface area contributed by atoms with E-state index in [0.717, 1.165) is 12.1 Å². The molecule has 0 bridgehead atoms. The molecule has 0 radical (unpaired) electrons. The minimum Gasteiger partial charge on any atom is -0.317 e. The SMILES string of the molecule is [2H]N1CCC2(CC1)CN(S(=O)(=O)c1ccc(C(F)F)cc1)c1ccc(F)cc12. The highest BCUT2D eigenvalue weighted by Gasteiger charge is 2.47. The van der Waals surface area contributed by atoms with Crippen LogP contribution in [0.5, 0.6) is 0 Å². The van der Waals surface area contributed by atoms with Crippen molar-refractivity contribution in [3.8, 4) is 0 Å². The van der Waals surface area contributed by atoms with Gasteiger partial charge in [0.2, 0.25) is 0 Å². The average molecular weight is 397 g/mol. The maximum atomic E-state index is 14.0. The van der Waals surface area contributed by atoms with Crippen molar-refractivity contribution < 1.29 is 23.0 Å². The molecule has 144 valence electrons. The second-order valence-electron chi connectivity index (χ2n) is 6.99. The summed E-state index contributed by atoms with van der Waals surface area (Å²) in [5, 5.41) is 1.42. The average Bonchev–Trinajstić information content (AvgIpc) is 2.99. The summed E-state index contributed by atoms with van der Waals surface area (Å²) in [4.78, 5) is -0.0813. The zero-order chi connectivity index (χ0) is 20.1. The Morgan fingerprint density at radius 3 is 2.41 bits per heavy atom. The molecule has 1 saturated heterocycles. The van der Waals surface area contributed by atoms with E-state index >= 15 is 0 Å². The summed E-state index contributed by atoms with van der Waals surface area (Å²) in [5.74, 6) is -0.438. The molecule has 0 saturated carbocycles. The Kier molecular flexibility index (Phi) is 4.12. The summed E-state index contributed by atoms with van der Waals surface area (Å²) < 4.78 is 75.1. The van der Waals surface area contributed by atoms with Gasteiger partial charge in [-0.2, -0.15) is 0 Å². The molecule has 2 aliphatic rings. The first kappa shape index (κ1) is 17.1. The van der Waals surface area contributed by atoms with Gasteiger partial charge in [0.05, 0.1) is 10.6 Å². The molecule has 2 aromatic rings. The van der Waals surface area contributed by atoms with Crippen molar-refractivity contribution >= 4 is 15.7 Å². The van der Waals surface area contributed by atoms with E-state index < -0.39 is 27.7 Å². The van der Waals surface area contributed by atoms with E-state index in [-0.39, 0.29) is 17.0 Å². The van der Waals surface area contributed by atoms with Gasteiger partial charge >= 0.3 is 0 Å². The van der Waals surface area contributed by atoms with E-state index in [4.69, 9.17) is 1.41 Å². The fourth-order valence-corrected chi connectivity index (χ4v) is 5.54. The molecule has 0 aromatic heterocycles. The molecule has 0 amide bonds. The first-order valence-corrected chi connectivity index (χ1v) is 10.1. The van der Waals surface area contributed by atoms with Gasteiger partial charge in [-0.15, -0.1) is 0 Å². The molecule has 2 aliphatic heterocycles. The highest BCUT2D eigenvalue weighted by Crippen LogP contribution is 2.48. The van der Waals surface area contributed by atoms with Crippen molar-refractivity contribution in [1.82, 2.24) is 5.31 Å². The Hall–Kier alpha value is -2.06. The molecule has 1 spiro atoms. The Labute approximate surface area is 157 Å². The Bertz CT molecular complexity index is 991. The highest BCUT2D eigenvalue weighted by atomic mass is 32.2. The summed E-state index contributed by atoms with van der Waals surface area (Å²) >= 11 is 0. The molecule has 27 heavy (non-hydrogen) atoms. The lowest BCUT2D eigenvalue weighted by molar-refractivity contribution is 0.151. The molecular formula is C19H19F3N2O2S. The molecule has 1 fully saturated rings. The maximum Gasteiger partial charge on any atom is 0.264 e. The molecule has 0 atom stereocenters. The largest absolute Gasteiger partial charge is 0.317 e. The monoisotopic (exact) mass is 397 g/mol. The van der Waals surface area contributed by atoms with Crippen LogP contribution in [0.25, 0.3) is 0 Å². The number of anilines is 1. The van der Waals surface area contributed by atoms with Crippen molar-refractivity contribution in [2.75, 3.05) is 23.9 Å². The van der Waals surface area contributed by atoms with Crippen LogP contribution in [0.1, 0.15) is 30.4 Å². The van der Waals surface area contributed by atoms with Crippen LogP contribution in [0, 0.1) is 5.82 Å². The van der Waals surface area contributed by atoms with Gasteiger partial charge in [-0.05, 0) is 61.8 Å². The first-order valence-electron chi connectivity index (χ1n) is 9.12. The molecule has 0 aliphatic carbocycles. The molecule has 8 heteroatoms. The van der Waals surface area contributed by atoms with Gasteiger partial charge in [0.1, 0.15) is 7.23 Å². The van der Waals surface area contributed by atoms with E-state index in [0.29, 0.717) is 37.2 Å². The molecule has 2 heterocycles. The van der Waals surface area contributed by atoms with Gasteiger partial charge < -0.3 is 5.31 Å². The van der Waals surface area contributed by atoms with Gasteiger partial charge in [-0.25, -0.2) is 21.6 Å². The van der Waals surface area contributed by atoms with Crippen LogP contribution in [0.2, 0.25) is 1.41 Å². The van der Waals surface area contributed by atoms with Gasteiger partial charge in [0, 0.05) is 17.5 Å². The number of nitrogens with zero attached hydrogens (tertiary/aromatic N) is 1. The van der Waals surface area contributed by atoms with E-state index in [1.165, 1.54) is 39.9 Å². The summed E-state index contributed by atoms with van der Waals surface area (Å²) in [7, 11) is -3.99. The van der Waals surface area contributed by atoms with Gasteiger partial charge in [0.25, 0.3) is 16.4 Å². The Balaban J connectivity index is 1.76. The van der Waals surface area contributed by atoms with E-state index in [9.17, 15) is 21.6 Å². The van der Waals surface area contributed by atoms with Crippen molar-refractivity contribution in [3.05, 3.63) is 59.4 Å². The van der Waals surface area contributed by atoms with Crippen LogP contribution in [0.3, 0.4) is 0 Å². The smallest absolute Gasteiger partial charge is 0.264 e.